The van der Waals surface area contributed by atoms with Gasteiger partial charge in [-0.15, -0.1) is 11.3 Å². The molecule has 3 nitrogen and oxygen atoms in total. The first kappa shape index (κ1) is 13.5. The first-order valence-corrected chi connectivity index (χ1v) is 8.03. The molecule has 1 N–H and O–H groups in total. The van der Waals surface area contributed by atoms with Crippen LogP contribution in [0.4, 0.5) is 5.69 Å². The standard InChI is InChI=1S/C15H12IN3S/c1-10-14(11-5-7-12(19-16)8-6-11)18-15(20-10)13-4-2-3-9-17-13/h2-9,19H,1H3. The van der Waals surface area contributed by atoms with Crippen LogP contribution in [0, 0.1) is 6.92 Å². The molecule has 0 amide bonds. The molecule has 0 aliphatic carbocycles. The molecule has 2 heterocycles. The van der Waals surface area contributed by atoms with Gasteiger partial charge in [0.15, 0.2) is 0 Å². The van der Waals surface area contributed by atoms with Gasteiger partial charge in [0.1, 0.15) is 5.01 Å². The van der Waals surface area contributed by atoms with E-state index in [0.717, 1.165) is 27.6 Å². The van der Waals surface area contributed by atoms with Crippen molar-refractivity contribution in [3.8, 4) is 22.0 Å². The minimum Gasteiger partial charge on any atom is -0.328 e. The van der Waals surface area contributed by atoms with Crippen LogP contribution in [0.5, 0.6) is 0 Å². The molecule has 0 bridgehead atoms. The zero-order valence-corrected chi connectivity index (χ0v) is 13.8. The number of benzene rings is 1. The Morgan fingerprint density at radius 2 is 1.90 bits per heavy atom. The van der Waals surface area contributed by atoms with Crippen LogP contribution in [0.25, 0.3) is 22.0 Å². The maximum Gasteiger partial charge on any atom is 0.142 e. The summed E-state index contributed by atoms with van der Waals surface area (Å²) in [5.41, 5.74) is 4.19. The summed E-state index contributed by atoms with van der Waals surface area (Å²) in [5.74, 6) is 0. The van der Waals surface area contributed by atoms with Crippen LogP contribution in [0.3, 0.4) is 0 Å². The van der Waals surface area contributed by atoms with Crippen molar-refractivity contribution in [3.63, 3.8) is 0 Å². The molecule has 0 aliphatic rings. The third-order valence-electron chi connectivity index (χ3n) is 2.95. The molecule has 3 rings (SSSR count). The highest BCUT2D eigenvalue weighted by atomic mass is 127. The second-order valence-electron chi connectivity index (χ2n) is 4.31. The Hall–Kier alpha value is -1.47. The van der Waals surface area contributed by atoms with Gasteiger partial charge in [-0.05, 0) is 31.2 Å². The smallest absolute Gasteiger partial charge is 0.142 e. The third-order valence-corrected chi connectivity index (χ3v) is 4.56. The number of hydrogen-bond donors (Lipinski definition) is 1. The van der Waals surface area contributed by atoms with E-state index in [-0.39, 0.29) is 0 Å². The quantitative estimate of drug-likeness (QED) is 0.506. The molecule has 100 valence electrons. The van der Waals surface area contributed by atoms with Gasteiger partial charge < -0.3 is 3.53 Å². The summed E-state index contributed by atoms with van der Waals surface area (Å²) < 4.78 is 3.09. The van der Waals surface area contributed by atoms with Crippen LogP contribution in [0.1, 0.15) is 4.88 Å². The van der Waals surface area contributed by atoms with Crippen molar-refractivity contribution >= 4 is 39.9 Å². The van der Waals surface area contributed by atoms with Crippen molar-refractivity contribution in [2.75, 3.05) is 3.53 Å². The Morgan fingerprint density at radius 3 is 2.55 bits per heavy atom. The molecule has 1 aromatic carbocycles. The molecule has 0 fully saturated rings. The largest absolute Gasteiger partial charge is 0.328 e. The minimum absolute atomic E-state index is 0.928. The number of halogens is 1. The molecule has 0 unspecified atom stereocenters. The Kier molecular flexibility index (Phi) is 3.98. The Morgan fingerprint density at radius 1 is 1.10 bits per heavy atom. The molecular formula is C15H12IN3S. The maximum absolute atomic E-state index is 4.74. The van der Waals surface area contributed by atoms with Gasteiger partial charge in [-0.1, -0.05) is 18.2 Å². The number of thiazole rings is 1. The lowest BCUT2D eigenvalue weighted by Gasteiger charge is -2.01. The lowest BCUT2D eigenvalue weighted by molar-refractivity contribution is 1.29. The lowest BCUT2D eigenvalue weighted by atomic mass is 10.1. The predicted octanol–water partition coefficient (Wildman–Crippen LogP) is 4.94. The topological polar surface area (TPSA) is 37.8 Å². The van der Waals surface area contributed by atoms with E-state index in [1.807, 2.05) is 18.2 Å². The summed E-state index contributed by atoms with van der Waals surface area (Å²) in [7, 11) is 0. The van der Waals surface area contributed by atoms with E-state index in [9.17, 15) is 0 Å². The van der Waals surface area contributed by atoms with Gasteiger partial charge in [0, 0.05) is 22.3 Å². The van der Waals surface area contributed by atoms with Crippen LogP contribution in [-0.2, 0) is 0 Å². The molecule has 5 heteroatoms. The molecule has 0 atom stereocenters. The van der Waals surface area contributed by atoms with Gasteiger partial charge in [-0.25, -0.2) is 4.98 Å². The normalized spacial score (nSPS) is 10.5. The highest BCUT2D eigenvalue weighted by Gasteiger charge is 2.11. The highest BCUT2D eigenvalue weighted by Crippen LogP contribution is 2.32. The second kappa shape index (κ2) is 5.88. The Bertz CT molecular complexity index is 708. The van der Waals surface area contributed by atoms with Gasteiger partial charge in [-0.2, -0.15) is 0 Å². The zero-order valence-electron chi connectivity index (χ0n) is 10.8. The molecule has 0 spiro atoms. The number of nitrogens with zero attached hydrogens (tertiary/aromatic N) is 2. The van der Waals surface area contributed by atoms with Gasteiger partial charge in [-0.3, -0.25) is 4.98 Å². The number of aryl methyl sites for hydroxylation is 1. The van der Waals surface area contributed by atoms with Crippen molar-refractivity contribution in [2.45, 2.75) is 6.92 Å². The average molecular weight is 393 g/mol. The van der Waals surface area contributed by atoms with Crippen molar-refractivity contribution in [3.05, 3.63) is 53.5 Å². The molecule has 0 saturated heterocycles. The third kappa shape index (κ3) is 2.69. The predicted molar refractivity (Wildman–Crippen MR) is 93.2 cm³/mol. The van der Waals surface area contributed by atoms with Crippen molar-refractivity contribution in [2.24, 2.45) is 0 Å². The number of aromatic nitrogens is 2. The number of anilines is 1. The Balaban J connectivity index is 2.00. The summed E-state index contributed by atoms with van der Waals surface area (Å²) >= 11 is 3.81. The molecule has 0 aliphatic heterocycles. The van der Waals surface area contributed by atoms with Gasteiger partial charge >= 0.3 is 0 Å². The summed E-state index contributed by atoms with van der Waals surface area (Å²) in [5, 5.41) is 0.967. The number of rotatable bonds is 3. The summed E-state index contributed by atoms with van der Waals surface area (Å²) in [6, 6.07) is 14.2. The number of nitrogens with one attached hydrogen (secondary N) is 1. The van der Waals surface area contributed by atoms with E-state index in [2.05, 4.69) is 62.6 Å². The summed E-state index contributed by atoms with van der Waals surface area (Å²) in [4.78, 5) is 10.3. The second-order valence-corrected chi connectivity index (χ2v) is 6.05. The molecule has 20 heavy (non-hydrogen) atoms. The van der Waals surface area contributed by atoms with E-state index in [1.165, 1.54) is 4.88 Å². The number of pyridine rings is 1. The SMILES string of the molecule is Cc1sc(-c2ccccn2)nc1-c1ccc(NI)cc1. The van der Waals surface area contributed by atoms with Crippen LogP contribution in [0.2, 0.25) is 0 Å². The van der Waals surface area contributed by atoms with E-state index >= 15 is 0 Å². The van der Waals surface area contributed by atoms with Crippen LogP contribution in [-0.4, -0.2) is 9.97 Å². The van der Waals surface area contributed by atoms with Crippen molar-refractivity contribution in [1.29, 1.82) is 0 Å². The fraction of sp³-hybridized carbons (Fsp3) is 0.0667. The monoisotopic (exact) mass is 393 g/mol. The molecule has 0 saturated carbocycles. The fourth-order valence-corrected chi connectivity index (χ4v) is 3.23. The first-order chi connectivity index (χ1) is 9.78. The van der Waals surface area contributed by atoms with Gasteiger partial charge in [0.05, 0.1) is 34.3 Å². The minimum atomic E-state index is 0.928. The van der Waals surface area contributed by atoms with E-state index in [1.54, 1.807) is 17.5 Å². The molecule has 0 radical (unpaired) electrons. The van der Waals surface area contributed by atoms with Gasteiger partial charge in [0.25, 0.3) is 0 Å². The fourth-order valence-electron chi connectivity index (χ4n) is 1.95. The lowest BCUT2D eigenvalue weighted by Crippen LogP contribution is -1.84. The van der Waals surface area contributed by atoms with E-state index in [0.29, 0.717) is 0 Å². The number of hydrogen-bond acceptors (Lipinski definition) is 4. The molecule has 3 aromatic rings. The van der Waals surface area contributed by atoms with E-state index in [4.69, 9.17) is 4.98 Å². The summed E-state index contributed by atoms with van der Waals surface area (Å²) in [6.45, 7) is 2.10. The van der Waals surface area contributed by atoms with Crippen LogP contribution >= 0.6 is 34.2 Å². The van der Waals surface area contributed by atoms with Crippen LogP contribution in [0.15, 0.2) is 48.7 Å². The van der Waals surface area contributed by atoms with Gasteiger partial charge in [0.2, 0.25) is 0 Å². The zero-order chi connectivity index (χ0) is 13.9. The van der Waals surface area contributed by atoms with Crippen molar-refractivity contribution in [1.82, 2.24) is 9.97 Å². The molecule has 2 aromatic heterocycles. The molecular weight excluding hydrogens is 381 g/mol. The highest BCUT2D eigenvalue weighted by molar-refractivity contribution is 14.1. The first-order valence-electron chi connectivity index (χ1n) is 6.14. The maximum atomic E-state index is 4.74. The summed E-state index contributed by atoms with van der Waals surface area (Å²) in [6.07, 6.45) is 1.80. The van der Waals surface area contributed by atoms with E-state index < -0.39 is 0 Å². The Labute approximate surface area is 135 Å². The van der Waals surface area contributed by atoms with Crippen LogP contribution < -0.4 is 3.53 Å². The average Bonchev–Trinajstić information content (AvgIpc) is 2.90. The van der Waals surface area contributed by atoms with Crippen molar-refractivity contribution < 1.29 is 0 Å².